The second-order valence-electron chi connectivity index (χ2n) is 13.7. The predicted molar refractivity (Wildman–Crippen MR) is 213 cm³/mol. The van der Waals surface area contributed by atoms with Crippen molar-refractivity contribution in [2.24, 2.45) is 10.9 Å². The minimum Gasteiger partial charge on any atom is -0.298 e. The van der Waals surface area contributed by atoms with Gasteiger partial charge in [-0.05, 0) is 81.3 Å². The first kappa shape index (κ1) is 34.5. The van der Waals surface area contributed by atoms with E-state index >= 15 is 0 Å². The minimum absolute atomic E-state index is 0.0230. The van der Waals surface area contributed by atoms with Crippen LogP contribution >= 0.6 is 0 Å². The number of aliphatic imine (C=N–C) groups is 1. The van der Waals surface area contributed by atoms with Crippen molar-refractivity contribution in [1.29, 1.82) is 0 Å². The van der Waals surface area contributed by atoms with Gasteiger partial charge in [0.25, 0.3) is 0 Å². The van der Waals surface area contributed by atoms with Gasteiger partial charge in [-0.25, -0.2) is 4.68 Å². The molecule has 54 heavy (non-hydrogen) atoms. The van der Waals surface area contributed by atoms with Gasteiger partial charge in [-0.3, -0.25) is 14.6 Å². The van der Waals surface area contributed by atoms with E-state index in [0.29, 0.717) is 29.1 Å². The van der Waals surface area contributed by atoms with Gasteiger partial charge >= 0.3 is 0 Å². The Hall–Kier alpha value is -6.60. The largest absolute Gasteiger partial charge is 0.298 e. The molecule has 0 fully saturated rings. The van der Waals surface area contributed by atoms with Crippen molar-refractivity contribution in [3.05, 3.63) is 191 Å². The van der Waals surface area contributed by atoms with E-state index in [1.165, 1.54) is 0 Å². The molecule has 0 amide bonds. The van der Waals surface area contributed by atoms with Crippen LogP contribution in [0.25, 0.3) is 22.5 Å². The highest BCUT2D eigenvalue weighted by atomic mass is 16.1. The van der Waals surface area contributed by atoms with Crippen LogP contribution in [0.1, 0.15) is 69.2 Å². The van der Waals surface area contributed by atoms with E-state index in [-0.39, 0.29) is 11.7 Å². The van der Waals surface area contributed by atoms with Gasteiger partial charge in [0.05, 0.1) is 11.6 Å². The highest BCUT2D eigenvalue weighted by molar-refractivity contribution is 6.18. The number of tetrazole rings is 1. The summed E-state index contributed by atoms with van der Waals surface area (Å²) in [5.41, 5.74) is 8.69. The summed E-state index contributed by atoms with van der Waals surface area (Å²) in [6.07, 6.45) is 4.04. The quantitative estimate of drug-likeness (QED) is 0.0933. The molecule has 7 heteroatoms. The number of carbonyl (C=O) groups is 2. The van der Waals surface area contributed by atoms with E-state index in [4.69, 9.17) is 15.3 Å². The predicted octanol–water partition coefficient (Wildman–Crippen LogP) is 9.98. The van der Waals surface area contributed by atoms with Gasteiger partial charge in [-0.15, -0.1) is 5.10 Å². The smallest absolute Gasteiger partial charge is 0.184 e. The molecular weight excluding hydrogens is 667 g/mol. The van der Waals surface area contributed by atoms with Gasteiger partial charge in [-0.1, -0.05) is 153 Å². The van der Waals surface area contributed by atoms with Crippen LogP contribution in [-0.4, -0.2) is 38.0 Å². The van der Waals surface area contributed by atoms with Gasteiger partial charge in [-0.2, -0.15) is 0 Å². The summed E-state index contributed by atoms with van der Waals surface area (Å²) in [7, 11) is 0. The molecule has 1 aliphatic heterocycles. The molecule has 0 N–H and O–H groups in total. The van der Waals surface area contributed by atoms with Gasteiger partial charge in [0, 0.05) is 22.4 Å². The fourth-order valence-corrected chi connectivity index (χ4v) is 7.76. The Bertz CT molecular complexity index is 2340. The lowest BCUT2D eigenvalue weighted by molar-refractivity contribution is 0.0951. The third-order valence-corrected chi connectivity index (χ3v) is 10.4. The molecule has 0 saturated carbocycles. The van der Waals surface area contributed by atoms with Crippen molar-refractivity contribution >= 4 is 23.5 Å². The molecule has 1 unspecified atom stereocenters. The summed E-state index contributed by atoms with van der Waals surface area (Å²) < 4.78 is 1.96. The molecule has 264 valence electrons. The maximum absolute atomic E-state index is 13.9. The minimum atomic E-state index is -0.881. The molecule has 0 radical (unpaired) electrons. The van der Waals surface area contributed by atoms with Crippen molar-refractivity contribution < 1.29 is 9.59 Å². The molecule has 0 aliphatic carbocycles. The van der Waals surface area contributed by atoms with Gasteiger partial charge in [0.2, 0.25) is 0 Å². The van der Waals surface area contributed by atoms with Crippen molar-refractivity contribution in [2.45, 2.75) is 38.1 Å². The van der Waals surface area contributed by atoms with Crippen LogP contribution in [0.2, 0.25) is 0 Å². The summed E-state index contributed by atoms with van der Waals surface area (Å²) >= 11 is 0. The monoisotopic (exact) mass is 705 g/mol. The number of hydrogen-bond donors (Lipinski definition) is 0. The van der Waals surface area contributed by atoms with Crippen molar-refractivity contribution in [3.63, 3.8) is 0 Å². The van der Waals surface area contributed by atoms with Crippen molar-refractivity contribution in [2.75, 3.05) is 0 Å². The van der Waals surface area contributed by atoms with Crippen LogP contribution in [0.15, 0.2) is 163 Å². The zero-order chi connectivity index (χ0) is 36.9. The molecule has 2 heterocycles. The topological polar surface area (TPSA) is 90.1 Å². The van der Waals surface area contributed by atoms with Crippen LogP contribution < -0.4 is 0 Å². The molecule has 1 atom stereocenters. The summed E-state index contributed by atoms with van der Waals surface area (Å²) in [5, 5.41) is 13.8. The molecule has 0 spiro atoms. The van der Waals surface area contributed by atoms with Crippen LogP contribution in [0.4, 0.5) is 5.69 Å². The molecule has 6 aromatic carbocycles. The number of nitrogens with zero attached hydrogens (tertiary/aromatic N) is 5. The Morgan fingerprint density at radius 3 is 1.87 bits per heavy atom. The van der Waals surface area contributed by atoms with Crippen LogP contribution in [0, 0.1) is 5.92 Å². The van der Waals surface area contributed by atoms with E-state index in [2.05, 4.69) is 121 Å². The Kier molecular flexibility index (Phi) is 9.69. The fraction of sp³-hybridized carbons (Fsp3) is 0.149. The third kappa shape index (κ3) is 6.28. The molecule has 1 aliphatic rings. The van der Waals surface area contributed by atoms with Gasteiger partial charge < -0.3 is 0 Å². The number of benzene rings is 6. The first-order valence-corrected chi connectivity index (χ1v) is 18.5. The zero-order valence-corrected chi connectivity index (χ0v) is 30.0. The maximum Gasteiger partial charge on any atom is 0.184 e. The lowest BCUT2D eigenvalue weighted by Crippen LogP contribution is -2.39. The van der Waals surface area contributed by atoms with E-state index in [9.17, 15) is 9.59 Å². The highest BCUT2D eigenvalue weighted by Gasteiger charge is 2.42. The van der Waals surface area contributed by atoms with Crippen LogP contribution in [0.3, 0.4) is 0 Å². The van der Waals surface area contributed by atoms with E-state index in [0.717, 1.165) is 70.2 Å². The number of ketones is 1. The standard InChI is InChI=1S/C47H39N5O2/c1-2-3-23-43-41(45(54)42-31-34(32-53)26-29-44(42)48-43)30-33-24-27-35(28-25-33)39-21-13-14-22-40(39)46-49-50-51-52(46)47(36-15-7-4-8-16-36,37-17-9-5-10-18-37)38-19-11-6-12-20-38/h4-22,24-29,31-32,41H,2-3,23,30H2,1H3. The molecule has 7 aromatic rings. The number of aldehydes is 1. The van der Waals surface area contributed by atoms with Crippen LogP contribution in [-0.2, 0) is 12.0 Å². The second kappa shape index (κ2) is 15.2. The van der Waals surface area contributed by atoms with E-state index < -0.39 is 5.54 Å². The zero-order valence-electron chi connectivity index (χ0n) is 30.0. The molecule has 7 nitrogen and oxygen atoms in total. The van der Waals surface area contributed by atoms with E-state index in [1.54, 1.807) is 18.2 Å². The number of aromatic nitrogens is 4. The fourth-order valence-electron chi connectivity index (χ4n) is 7.76. The Labute approximate surface area is 315 Å². The summed E-state index contributed by atoms with van der Waals surface area (Å²) in [5.74, 6) is 0.273. The SMILES string of the molecule is CCCCC1=Nc2ccc(C=O)cc2C(=O)C1Cc1ccc(-c2ccccc2-c2nnnn2C(c2ccccc2)(c2ccccc2)c2ccccc2)cc1. The number of rotatable bonds is 12. The van der Waals surface area contributed by atoms with Gasteiger partial charge in [0.1, 0.15) is 11.8 Å². The number of Topliss-reactive ketones (excluding diaryl/α,β-unsaturated/α-hetero) is 1. The van der Waals surface area contributed by atoms with Crippen molar-refractivity contribution in [3.8, 4) is 22.5 Å². The molecule has 1 aromatic heterocycles. The maximum atomic E-state index is 13.9. The first-order chi connectivity index (χ1) is 26.6. The average molecular weight is 706 g/mol. The molecular formula is C47H39N5O2. The first-order valence-electron chi connectivity index (χ1n) is 18.5. The van der Waals surface area contributed by atoms with E-state index in [1.807, 2.05) is 35.0 Å². The normalized spacial score (nSPS) is 14.0. The van der Waals surface area contributed by atoms with Crippen LogP contribution in [0.5, 0.6) is 0 Å². The Morgan fingerprint density at radius 1 is 0.685 bits per heavy atom. The lowest BCUT2D eigenvalue weighted by atomic mass is 9.77. The number of fused-ring (bicyclic) bond motifs is 1. The number of carbonyl (C=O) groups excluding carboxylic acids is 2. The number of hydrogen-bond acceptors (Lipinski definition) is 6. The lowest BCUT2D eigenvalue weighted by Gasteiger charge is -2.36. The summed E-state index contributed by atoms with van der Waals surface area (Å²) in [6.45, 7) is 2.14. The molecule has 0 bridgehead atoms. The number of unbranched alkanes of at least 4 members (excludes halogenated alkanes) is 1. The summed E-state index contributed by atoms with van der Waals surface area (Å²) in [6, 6.07) is 53.0. The Morgan fingerprint density at radius 2 is 1.28 bits per heavy atom. The average Bonchev–Trinajstić information content (AvgIpc) is 3.73. The second-order valence-corrected chi connectivity index (χ2v) is 13.7. The third-order valence-electron chi connectivity index (χ3n) is 10.4. The van der Waals surface area contributed by atoms with Gasteiger partial charge in [0.15, 0.2) is 11.6 Å². The molecule has 0 saturated heterocycles. The summed E-state index contributed by atoms with van der Waals surface area (Å²) in [4.78, 5) is 30.4. The van der Waals surface area contributed by atoms with Crippen molar-refractivity contribution in [1.82, 2.24) is 20.2 Å². The molecule has 8 rings (SSSR count). The Balaban J connectivity index is 1.19. The highest BCUT2D eigenvalue weighted by Crippen LogP contribution is 2.43.